The van der Waals surface area contributed by atoms with Gasteiger partial charge in [0.25, 0.3) is 0 Å². The SMILES string of the molecule is NC(=O)[C@@H]1CCCN1C(=O)C1(N)CC1. The molecule has 0 aromatic carbocycles. The van der Waals surface area contributed by atoms with E-state index >= 15 is 0 Å². The molecule has 0 spiro atoms. The highest BCUT2D eigenvalue weighted by Crippen LogP contribution is 2.36. The molecule has 5 heteroatoms. The molecule has 0 aromatic rings. The number of carbonyl (C=O) groups excluding carboxylic acids is 2. The third-order valence-corrected chi connectivity index (χ3v) is 3.06. The molecule has 2 aliphatic rings. The lowest BCUT2D eigenvalue weighted by molar-refractivity contribution is -0.139. The second kappa shape index (κ2) is 2.95. The maximum Gasteiger partial charge on any atom is 0.243 e. The van der Waals surface area contributed by atoms with Gasteiger partial charge in [-0.05, 0) is 25.7 Å². The first-order valence-corrected chi connectivity index (χ1v) is 4.94. The predicted octanol–water partition coefficient (Wildman–Crippen LogP) is -1.05. The highest BCUT2D eigenvalue weighted by Gasteiger charge is 2.50. The molecule has 2 amide bonds. The molecule has 1 heterocycles. The van der Waals surface area contributed by atoms with Gasteiger partial charge in [0.1, 0.15) is 6.04 Å². The Hall–Kier alpha value is -1.10. The van der Waals surface area contributed by atoms with Crippen LogP contribution in [0.25, 0.3) is 0 Å². The van der Waals surface area contributed by atoms with Crippen molar-refractivity contribution in [1.29, 1.82) is 0 Å². The van der Waals surface area contributed by atoms with Crippen LogP contribution in [0.3, 0.4) is 0 Å². The summed E-state index contributed by atoms with van der Waals surface area (Å²) in [4.78, 5) is 24.4. The van der Waals surface area contributed by atoms with Gasteiger partial charge >= 0.3 is 0 Å². The molecule has 1 saturated heterocycles. The molecule has 0 radical (unpaired) electrons. The van der Waals surface area contributed by atoms with Crippen molar-refractivity contribution in [2.24, 2.45) is 11.5 Å². The van der Waals surface area contributed by atoms with Crippen molar-refractivity contribution in [1.82, 2.24) is 4.90 Å². The lowest BCUT2D eigenvalue weighted by Gasteiger charge is -2.25. The van der Waals surface area contributed by atoms with Crippen LogP contribution >= 0.6 is 0 Å². The molecule has 1 atom stereocenters. The largest absolute Gasteiger partial charge is 0.368 e. The highest BCUT2D eigenvalue weighted by atomic mass is 16.2. The molecule has 14 heavy (non-hydrogen) atoms. The first-order valence-electron chi connectivity index (χ1n) is 4.94. The first-order chi connectivity index (χ1) is 6.54. The number of carbonyl (C=O) groups is 2. The monoisotopic (exact) mass is 197 g/mol. The van der Waals surface area contributed by atoms with Crippen LogP contribution in [0.4, 0.5) is 0 Å². The maximum atomic E-state index is 11.8. The zero-order chi connectivity index (χ0) is 10.3. The third kappa shape index (κ3) is 1.37. The molecular weight excluding hydrogens is 182 g/mol. The minimum atomic E-state index is -0.682. The minimum Gasteiger partial charge on any atom is -0.368 e. The van der Waals surface area contributed by atoms with Crippen molar-refractivity contribution in [3.8, 4) is 0 Å². The zero-order valence-corrected chi connectivity index (χ0v) is 8.03. The quantitative estimate of drug-likeness (QED) is 0.592. The lowest BCUT2D eigenvalue weighted by Crippen LogP contribution is -2.51. The van der Waals surface area contributed by atoms with Crippen molar-refractivity contribution in [3.05, 3.63) is 0 Å². The molecule has 0 bridgehead atoms. The van der Waals surface area contributed by atoms with E-state index in [0.29, 0.717) is 13.0 Å². The van der Waals surface area contributed by atoms with Gasteiger partial charge in [-0.1, -0.05) is 0 Å². The predicted molar refractivity (Wildman–Crippen MR) is 50.1 cm³/mol. The van der Waals surface area contributed by atoms with Crippen molar-refractivity contribution in [2.45, 2.75) is 37.3 Å². The summed E-state index contributed by atoms with van der Waals surface area (Å²) < 4.78 is 0. The van der Waals surface area contributed by atoms with E-state index in [9.17, 15) is 9.59 Å². The number of hydrogen-bond donors (Lipinski definition) is 2. The lowest BCUT2D eigenvalue weighted by atomic mass is 10.2. The van der Waals surface area contributed by atoms with E-state index in [1.54, 1.807) is 4.90 Å². The number of hydrogen-bond acceptors (Lipinski definition) is 3. The van der Waals surface area contributed by atoms with Crippen LogP contribution in [0.15, 0.2) is 0 Å². The van der Waals surface area contributed by atoms with Crippen LogP contribution in [0.2, 0.25) is 0 Å². The van der Waals surface area contributed by atoms with Gasteiger partial charge in [-0.3, -0.25) is 9.59 Å². The number of primary amides is 1. The van der Waals surface area contributed by atoms with Gasteiger partial charge < -0.3 is 16.4 Å². The summed E-state index contributed by atoms with van der Waals surface area (Å²) in [5.74, 6) is -0.515. The number of nitrogens with zero attached hydrogens (tertiary/aromatic N) is 1. The van der Waals surface area contributed by atoms with Gasteiger partial charge in [0.2, 0.25) is 11.8 Å². The van der Waals surface area contributed by atoms with E-state index in [1.165, 1.54) is 0 Å². The van der Waals surface area contributed by atoms with Crippen molar-refractivity contribution < 1.29 is 9.59 Å². The van der Waals surface area contributed by atoms with E-state index in [2.05, 4.69) is 0 Å². The van der Waals surface area contributed by atoms with Gasteiger partial charge in [0.05, 0.1) is 5.54 Å². The summed E-state index contributed by atoms with van der Waals surface area (Å²) >= 11 is 0. The van der Waals surface area contributed by atoms with Gasteiger partial charge in [0.15, 0.2) is 0 Å². The molecule has 2 fully saturated rings. The standard InChI is InChI=1S/C9H15N3O2/c10-7(13)6-2-1-5-12(6)8(14)9(11)3-4-9/h6H,1-5,11H2,(H2,10,13)/t6-/m0/s1. The average Bonchev–Trinajstić information content (AvgIpc) is 2.69. The Morgan fingerprint density at radius 2 is 2.00 bits per heavy atom. The topological polar surface area (TPSA) is 89.4 Å². The van der Waals surface area contributed by atoms with Gasteiger partial charge in [-0.2, -0.15) is 0 Å². The summed E-state index contributed by atoms with van der Waals surface area (Å²) in [6.45, 7) is 0.616. The Kier molecular flexibility index (Phi) is 1.99. The Morgan fingerprint density at radius 3 is 2.50 bits per heavy atom. The maximum absolute atomic E-state index is 11.8. The molecule has 2 rings (SSSR count). The molecule has 5 nitrogen and oxygen atoms in total. The molecule has 78 valence electrons. The van der Waals surface area contributed by atoms with Crippen molar-refractivity contribution in [3.63, 3.8) is 0 Å². The number of rotatable bonds is 2. The van der Waals surface area contributed by atoms with Crippen LogP contribution in [0.1, 0.15) is 25.7 Å². The van der Waals surface area contributed by atoms with Crippen molar-refractivity contribution >= 4 is 11.8 Å². The molecule has 1 aliphatic heterocycles. The fraction of sp³-hybridized carbons (Fsp3) is 0.778. The zero-order valence-electron chi connectivity index (χ0n) is 8.03. The number of nitrogens with two attached hydrogens (primary N) is 2. The normalized spacial score (nSPS) is 28.9. The Bertz CT molecular complexity index is 286. The van der Waals surface area contributed by atoms with Gasteiger partial charge in [0, 0.05) is 6.54 Å². The summed E-state index contributed by atoms with van der Waals surface area (Å²) in [6, 6.07) is -0.427. The van der Waals surface area contributed by atoms with Crippen LogP contribution in [-0.2, 0) is 9.59 Å². The molecule has 0 unspecified atom stereocenters. The highest BCUT2D eigenvalue weighted by molar-refractivity contribution is 5.93. The fourth-order valence-corrected chi connectivity index (χ4v) is 1.94. The fourth-order valence-electron chi connectivity index (χ4n) is 1.94. The second-order valence-electron chi connectivity index (χ2n) is 4.22. The van der Waals surface area contributed by atoms with Crippen LogP contribution in [0, 0.1) is 0 Å². The van der Waals surface area contributed by atoms with E-state index in [0.717, 1.165) is 19.3 Å². The van der Waals surface area contributed by atoms with E-state index in [-0.39, 0.29) is 5.91 Å². The van der Waals surface area contributed by atoms with Gasteiger partial charge in [-0.25, -0.2) is 0 Å². The van der Waals surface area contributed by atoms with Crippen LogP contribution < -0.4 is 11.5 Å². The van der Waals surface area contributed by atoms with E-state index < -0.39 is 17.5 Å². The van der Waals surface area contributed by atoms with E-state index in [1.807, 2.05) is 0 Å². The molecule has 0 aromatic heterocycles. The Morgan fingerprint density at radius 1 is 1.36 bits per heavy atom. The van der Waals surface area contributed by atoms with Crippen molar-refractivity contribution in [2.75, 3.05) is 6.54 Å². The van der Waals surface area contributed by atoms with E-state index in [4.69, 9.17) is 11.5 Å². The summed E-state index contributed by atoms with van der Waals surface area (Å²) in [5.41, 5.74) is 10.3. The summed E-state index contributed by atoms with van der Waals surface area (Å²) in [6.07, 6.45) is 2.98. The van der Waals surface area contributed by atoms with Crippen LogP contribution in [0.5, 0.6) is 0 Å². The summed E-state index contributed by atoms with van der Waals surface area (Å²) in [5, 5.41) is 0. The Labute approximate surface area is 82.4 Å². The minimum absolute atomic E-state index is 0.0983. The second-order valence-corrected chi connectivity index (χ2v) is 4.22. The average molecular weight is 197 g/mol. The first kappa shape index (κ1) is 9.45. The molecular formula is C9H15N3O2. The smallest absolute Gasteiger partial charge is 0.243 e. The van der Waals surface area contributed by atoms with Crippen LogP contribution in [-0.4, -0.2) is 34.8 Å². The molecule has 1 saturated carbocycles. The number of likely N-dealkylation sites (tertiary alicyclic amines) is 1. The Balaban J connectivity index is 2.09. The molecule has 4 N–H and O–H groups in total. The molecule has 1 aliphatic carbocycles. The third-order valence-electron chi connectivity index (χ3n) is 3.06. The van der Waals surface area contributed by atoms with Gasteiger partial charge in [-0.15, -0.1) is 0 Å². The summed E-state index contributed by atoms with van der Waals surface area (Å²) in [7, 11) is 0. The number of amides is 2.